The Morgan fingerprint density at radius 3 is 1.89 bits per heavy atom. The highest BCUT2D eigenvalue weighted by Gasteiger charge is 2.08. The summed E-state index contributed by atoms with van der Waals surface area (Å²) in [7, 11) is 0. The molecule has 0 saturated carbocycles. The van der Waals surface area contributed by atoms with Crippen molar-refractivity contribution in [1.82, 2.24) is 5.32 Å². The number of rotatable bonds is 22. The molecule has 0 aliphatic carbocycles. The molecule has 0 saturated heterocycles. The number of halogens is 2. The molecule has 1 aromatic carbocycles. The largest absolute Gasteiger partial charge is 0.480 e. The van der Waals surface area contributed by atoms with Crippen LogP contribution in [0.2, 0.25) is 10.0 Å². The Morgan fingerprint density at radius 2 is 1.34 bits per heavy atom. The number of ether oxygens (including phenoxy) is 2. The number of hydrogen-bond acceptors (Lipinski definition) is 4. The first kappa shape index (κ1) is 31.6. The van der Waals surface area contributed by atoms with E-state index in [-0.39, 0.29) is 19.1 Å². The fourth-order valence-electron chi connectivity index (χ4n) is 3.87. The van der Waals surface area contributed by atoms with Gasteiger partial charge in [0.05, 0.1) is 11.6 Å². The fraction of sp³-hybridized carbons (Fsp3) is 0.714. The Balaban J connectivity index is 1.85. The molecule has 0 bridgehead atoms. The lowest BCUT2D eigenvalue weighted by atomic mass is 10.0. The lowest BCUT2D eigenvalue weighted by molar-refractivity contribution is -0.146. The Morgan fingerprint density at radius 1 is 0.800 bits per heavy atom. The summed E-state index contributed by atoms with van der Waals surface area (Å²) in [6, 6.07) is 4.76. The number of esters is 1. The fourth-order valence-corrected chi connectivity index (χ4v) is 4.33. The first-order valence-electron chi connectivity index (χ1n) is 13.5. The van der Waals surface area contributed by atoms with Crippen LogP contribution in [0.4, 0.5) is 0 Å². The van der Waals surface area contributed by atoms with E-state index < -0.39 is 5.97 Å². The maximum atomic E-state index is 11.9. The molecule has 1 amide bonds. The molecule has 0 unspecified atom stereocenters. The van der Waals surface area contributed by atoms with Gasteiger partial charge in [-0.1, -0.05) is 120 Å². The molecule has 35 heavy (non-hydrogen) atoms. The van der Waals surface area contributed by atoms with Crippen LogP contribution in [0.15, 0.2) is 18.2 Å². The summed E-state index contributed by atoms with van der Waals surface area (Å²) in [5, 5.41) is 3.60. The minimum absolute atomic E-state index is 0.0000563. The zero-order chi connectivity index (χ0) is 25.6. The number of hydrogen-bond donors (Lipinski definition) is 1. The van der Waals surface area contributed by atoms with Crippen LogP contribution in [0.1, 0.15) is 110 Å². The number of carbonyl (C=O) groups is 2. The van der Waals surface area contributed by atoms with Crippen molar-refractivity contribution in [2.24, 2.45) is 0 Å². The van der Waals surface area contributed by atoms with E-state index in [1.165, 1.54) is 89.5 Å². The van der Waals surface area contributed by atoms with Gasteiger partial charge in [-0.3, -0.25) is 4.79 Å². The lowest BCUT2D eigenvalue weighted by Crippen LogP contribution is -2.28. The number of unbranched alkanes of at least 4 members (excludes halogenated alkanes) is 14. The predicted molar refractivity (Wildman–Crippen MR) is 145 cm³/mol. The highest BCUT2D eigenvalue weighted by molar-refractivity contribution is 6.35. The van der Waals surface area contributed by atoms with Gasteiger partial charge in [0.25, 0.3) is 0 Å². The smallest absolute Gasteiger partial charge is 0.344 e. The Hall–Kier alpha value is -1.46. The van der Waals surface area contributed by atoms with Crippen LogP contribution in [0.25, 0.3) is 0 Å². The van der Waals surface area contributed by atoms with Crippen LogP contribution >= 0.6 is 23.2 Å². The molecular weight excluding hydrogens is 485 g/mol. The maximum absolute atomic E-state index is 11.9. The topological polar surface area (TPSA) is 64.6 Å². The van der Waals surface area contributed by atoms with Gasteiger partial charge in [-0.25, -0.2) is 4.79 Å². The second-order valence-corrected chi connectivity index (χ2v) is 9.98. The van der Waals surface area contributed by atoms with E-state index in [0.717, 1.165) is 12.8 Å². The molecule has 0 aliphatic heterocycles. The minimum Gasteiger partial charge on any atom is -0.480 e. The molecule has 7 heteroatoms. The van der Waals surface area contributed by atoms with Crippen molar-refractivity contribution in [3.8, 4) is 5.75 Å². The molecule has 0 radical (unpaired) electrons. The molecule has 0 spiro atoms. The van der Waals surface area contributed by atoms with Crippen molar-refractivity contribution >= 4 is 35.1 Å². The number of benzene rings is 1. The third-order valence-corrected chi connectivity index (χ3v) is 6.46. The van der Waals surface area contributed by atoms with Crippen LogP contribution in [0, 0.1) is 0 Å². The second-order valence-electron chi connectivity index (χ2n) is 9.13. The van der Waals surface area contributed by atoms with Gasteiger partial charge < -0.3 is 14.8 Å². The number of carbonyl (C=O) groups excluding carboxylic acids is 2. The van der Waals surface area contributed by atoms with Crippen LogP contribution in [-0.2, 0) is 14.3 Å². The summed E-state index contributed by atoms with van der Waals surface area (Å²) < 4.78 is 10.4. The Labute approximate surface area is 222 Å². The summed E-state index contributed by atoms with van der Waals surface area (Å²) in [5.41, 5.74) is 0. The van der Waals surface area contributed by atoms with E-state index in [4.69, 9.17) is 32.7 Å². The molecular formula is C28H45Cl2NO4. The molecule has 0 heterocycles. The van der Waals surface area contributed by atoms with Gasteiger partial charge in [0.15, 0.2) is 6.61 Å². The van der Waals surface area contributed by atoms with Gasteiger partial charge in [-0.05, 0) is 24.6 Å². The SMILES string of the molecule is CCCCCCCCCCCCCCCCCC(=O)NCCOC(=O)COc1ccc(Cl)cc1Cl. The van der Waals surface area contributed by atoms with Crippen LogP contribution in [-0.4, -0.2) is 31.6 Å². The average molecular weight is 531 g/mol. The second kappa shape index (κ2) is 21.8. The van der Waals surface area contributed by atoms with Gasteiger partial charge in [0, 0.05) is 11.4 Å². The first-order chi connectivity index (χ1) is 17.0. The summed E-state index contributed by atoms with van der Waals surface area (Å²) in [4.78, 5) is 23.6. The van der Waals surface area contributed by atoms with E-state index in [2.05, 4.69) is 12.2 Å². The number of amides is 1. The highest BCUT2D eigenvalue weighted by atomic mass is 35.5. The zero-order valence-electron chi connectivity index (χ0n) is 21.6. The van der Waals surface area contributed by atoms with Gasteiger partial charge in [-0.2, -0.15) is 0 Å². The monoisotopic (exact) mass is 529 g/mol. The van der Waals surface area contributed by atoms with E-state index in [9.17, 15) is 9.59 Å². The van der Waals surface area contributed by atoms with Gasteiger partial charge in [0.2, 0.25) is 5.91 Å². The third kappa shape index (κ3) is 18.5. The molecule has 5 nitrogen and oxygen atoms in total. The standard InChI is InChI=1S/C28H45Cl2NO4/c1-2-3-4-5-6-7-8-9-10-11-12-13-14-15-16-17-27(32)31-20-21-34-28(33)23-35-26-19-18-24(29)22-25(26)30/h18-19,22H,2-17,20-21,23H2,1H3,(H,31,32). The molecule has 0 aliphatic rings. The van der Waals surface area contributed by atoms with Crippen molar-refractivity contribution in [3.63, 3.8) is 0 Å². The van der Waals surface area contributed by atoms with Crippen molar-refractivity contribution in [1.29, 1.82) is 0 Å². The molecule has 0 aromatic heterocycles. The summed E-state index contributed by atoms with van der Waals surface area (Å²) in [6.45, 7) is 2.42. The molecule has 0 atom stereocenters. The van der Waals surface area contributed by atoms with E-state index in [0.29, 0.717) is 28.8 Å². The van der Waals surface area contributed by atoms with Crippen molar-refractivity contribution in [2.45, 2.75) is 110 Å². The first-order valence-corrected chi connectivity index (χ1v) is 14.3. The maximum Gasteiger partial charge on any atom is 0.344 e. The molecule has 200 valence electrons. The normalized spacial score (nSPS) is 10.8. The zero-order valence-corrected chi connectivity index (χ0v) is 23.1. The van der Waals surface area contributed by atoms with Crippen molar-refractivity contribution in [3.05, 3.63) is 28.2 Å². The summed E-state index contributed by atoms with van der Waals surface area (Å²) >= 11 is 11.8. The van der Waals surface area contributed by atoms with Crippen LogP contribution in [0.5, 0.6) is 5.75 Å². The molecule has 1 aromatic rings. The van der Waals surface area contributed by atoms with Gasteiger partial charge in [-0.15, -0.1) is 0 Å². The van der Waals surface area contributed by atoms with Crippen LogP contribution in [0.3, 0.4) is 0 Å². The van der Waals surface area contributed by atoms with E-state index in [1.54, 1.807) is 12.1 Å². The Bertz CT molecular complexity index is 700. The van der Waals surface area contributed by atoms with Crippen LogP contribution < -0.4 is 10.1 Å². The average Bonchev–Trinajstić information content (AvgIpc) is 2.83. The molecule has 0 fully saturated rings. The number of nitrogens with one attached hydrogen (secondary N) is 1. The third-order valence-electron chi connectivity index (χ3n) is 5.93. The van der Waals surface area contributed by atoms with E-state index in [1.807, 2.05) is 0 Å². The molecule has 1 rings (SSSR count). The summed E-state index contributed by atoms with van der Waals surface area (Å²) in [6.07, 6.45) is 20.1. The van der Waals surface area contributed by atoms with E-state index >= 15 is 0 Å². The highest BCUT2D eigenvalue weighted by Crippen LogP contribution is 2.27. The summed E-state index contributed by atoms with van der Waals surface area (Å²) in [5.74, 6) is -0.155. The minimum atomic E-state index is -0.521. The predicted octanol–water partition coefficient (Wildman–Crippen LogP) is 8.29. The Kier molecular flexibility index (Phi) is 19.7. The van der Waals surface area contributed by atoms with Gasteiger partial charge in [0.1, 0.15) is 12.4 Å². The van der Waals surface area contributed by atoms with Crippen molar-refractivity contribution in [2.75, 3.05) is 19.8 Å². The quantitative estimate of drug-likeness (QED) is 0.121. The molecule has 1 N–H and O–H groups in total. The lowest BCUT2D eigenvalue weighted by Gasteiger charge is -2.09. The van der Waals surface area contributed by atoms with Gasteiger partial charge >= 0.3 is 5.97 Å². The van der Waals surface area contributed by atoms with Crippen molar-refractivity contribution < 1.29 is 19.1 Å².